The molecule has 0 bridgehead atoms. The zero-order valence-corrected chi connectivity index (χ0v) is 14.3. The lowest BCUT2D eigenvalue weighted by Gasteiger charge is -2.17. The molecule has 0 aliphatic rings. The van der Waals surface area contributed by atoms with Gasteiger partial charge in [0.15, 0.2) is 6.10 Å². The van der Waals surface area contributed by atoms with Gasteiger partial charge >= 0.3 is 0 Å². The Kier molecular flexibility index (Phi) is 5.58. The predicted molar refractivity (Wildman–Crippen MR) is 95.4 cm³/mol. The first-order valence-corrected chi connectivity index (χ1v) is 7.78. The second-order valence-corrected chi connectivity index (χ2v) is 5.71. The Balaban J connectivity index is 1.98. The normalized spacial score (nSPS) is 11.5. The molecule has 1 unspecified atom stereocenters. The van der Waals surface area contributed by atoms with Crippen molar-refractivity contribution in [3.8, 4) is 5.75 Å². The molecule has 2 aromatic carbocycles. The second-order valence-electron chi connectivity index (χ2n) is 5.71. The Labute approximate surface area is 142 Å². The predicted octanol–water partition coefficient (Wildman–Crippen LogP) is 3.67. The molecule has 0 aromatic heterocycles. The summed E-state index contributed by atoms with van der Waals surface area (Å²) in [5.41, 5.74) is 3.47. The first kappa shape index (κ1) is 17.5. The molecular formula is C19H22N2O3. The lowest BCUT2D eigenvalue weighted by atomic mass is 10.1. The van der Waals surface area contributed by atoms with Crippen LogP contribution in [0, 0.1) is 13.8 Å². The van der Waals surface area contributed by atoms with E-state index in [-0.39, 0.29) is 11.8 Å². The van der Waals surface area contributed by atoms with Crippen LogP contribution in [-0.2, 0) is 9.59 Å². The molecule has 0 aliphatic heterocycles. The minimum atomic E-state index is -0.625. The lowest BCUT2D eigenvalue weighted by Crippen LogP contribution is -2.30. The van der Waals surface area contributed by atoms with Gasteiger partial charge in [0, 0.05) is 18.3 Å². The summed E-state index contributed by atoms with van der Waals surface area (Å²) in [6.07, 6.45) is -0.625. The van der Waals surface area contributed by atoms with Crippen molar-refractivity contribution in [1.29, 1.82) is 0 Å². The van der Waals surface area contributed by atoms with Crippen molar-refractivity contribution in [2.75, 3.05) is 10.6 Å². The van der Waals surface area contributed by atoms with Gasteiger partial charge in [0.1, 0.15) is 5.75 Å². The van der Waals surface area contributed by atoms with Crippen LogP contribution in [0.25, 0.3) is 0 Å². The Morgan fingerprint density at radius 1 is 0.958 bits per heavy atom. The number of aryl methyl sites for hydroxylation is 1. The third-order valence-electron chi connectivity index (χ3n) is 3.70. The molecule has 0 fully saturated rings. The summed E-state index contributed by atoms with van der Waals surface area (Å²) in [5, 5.41) is 5.48. The second kappa shape index (κ2) is 7.64. The largest absolute Gasteiger partial charge is 0.481 e. The number of hydrogen-bond acceptors (Lipinski definition) is 3. The first-order chi connectivity index (χ1) is 11.4. The van der Waals surface area contributed by atoms with Crippen molar-refractivity contribution >= 4 is 23.2 Å². The average molecular weight is 326 g/mol. The maximum Gasteiger partial charge on any atom is 0.265 e. The zero-order valence-electron chi connectivity index (χ0n) is 14.3. The van der Waals surface area contributed by atoms with Gasteiger partial charge in [-0.1, -0.05) is 12.1 Å². The SMILES string of the molecule is CC(=O)Nc1ccc(NC(=O)C(C)Oc2cccc(C)c2C)cc1. The number of carbonyl (C=O) groups is 2. The van der Waals surface area contributed by atoms with Crippen LogP contribution in [0.4, 0.5) is 11.4 Å². The van der Waals surface area contributed by atoms with E-state index in [0.29, 0.717) is 17.1 Å². The van der Waals surface area contributed by atoms with E-state index in [1.807, 2.05) is 32.0 Å². The van der Waals surface area contributed by atoms with Crippen LogP contribution in [0.15, 0.2) is 42.5 Å². The molecule has 5 nitrogen and oxygen atoms in total. The molecular weight excluding hydrogens is 304 g/mol. The number of nitrogens with one attached hydrogen (secondary N) is 2. The van der Waals surface area contributed by atoms with Gasteiger partial charge in [-0.2, -0.15) is 0 Å². The molecule has 0 radical (unpaired) electrons. The highest BCUT2D eigenvalue weighted by Crippen LogP contribution is 2.22. The maximum atomic E-state index is 12.3. The van der Waals surface area contributed by atoms with Gasteiger partial charge in [-0.3, -0.25) is 9.59 Å². The van der Waals surface area contributed by atoms with Crippen molar-refractivity contribution in [1.82, 2.24) is 0 Å². The summed E-state index contributed by atoms with van der Waals surface area (Å²) in [6.45, 7) is 7.13. The van der Waals surface area contributed by atoms with Crippen molar-refractivity contribution in [3.63, 3.8) is 0 Å². The van der Waals surface area contributed by atoms with E-state index in [4.69, 9.17) is 4.74 Å². The van der Waals surface area contributed by atoms with Gasteiger partial charge in [-0.15, -0.1) is 0 Å². The Morgan fingerprint density at radius 3 is 2.12 bits per heavy atom. The van der Waals surface area contributed by atoms with Gasteiger partial charge < -0.3 is 15.4 Å². The highest BCUT2D eigenvalue weighted by Gasteiger charge is 2.16. The number of benzene rings is 2. The summed E-state index contributed by atoms with van der Waals surface area (Å²) >= 11 is 0. The summed E-state index contributed by atoms with van der Waals surface area (Å²) in [4.78, 5) is 23.3. The van der Waals surface area contributed by atoms with Crippen molar-refractivity contribution < 1.29 is 14.3 Å². The van der Waals surface area contributed by atoms with E-state index in [2.05, 4.69) is 10.6 Å². The van der Waals surface area contributed by atoms with Crippen LogP contribution in [-0.4, -0.2) is 17.9 Å². The average Bonchev–Trinajstić information content (AvgIpc) is 2.53. The smallest absolute Gasteiger partial charge is 0.265 e. The van der Waals surface area contributed by atoms with Gasteiger partial charge in [0.25, 0.3) is 5.91 Å². The fourth-order valence-corrected chi connectivity index (χ4v) is 2.18. The van der Waals surface area contributed by atoms with Crippen LogP contribution >= 0.6 is 0 Å². The van der Waals surface area contributed by atoms with E-state index < -0.39 is 6.10 Å². The van der Waals surface area contributed by atoms with Crippen molar-refractivity contribution in [3.05, 3.63) is 53.6 Å². The van der Waals surface area contributed by atoms with E-state index in [1.54, 1.807) is 31.2 Å². The summed E-state index contributed by atoms with van der Waals surface area (Å²) < 4.78 is 5.77. The highest BCUT2D eigenvalue weighted by molar-refractivity contribution is 5.94. The molecule has 0 saturated carbocycles. The standard InChI is InChI=1S/C19H22N2O3/c1-12-6-5-7-18(13(12)2)24-14(3)19(23)21-17-10-8-16(9-11-17)20-15(4)22/h5-11,14H,1-4H3,(H,20,22)(H,21,23). The number of hydrogen-bond donors (Lipinski definition) is 2. The minimum absolute atomic E-state index is 0.137. The summed E-state index contributed by atoms with van der Waals surface area (Å²) in [7, 11) is 0. The van der Waals surface area contributed by atoms with E-state index in [9.17, 15) is 9.59 Å². The summed E-state index contributed by atoms with van der Waals surface area (Å²) in [5.74, 6) is 0.337. The molecule has 0 saturated heterocycles. The molecule has 0 spiro atoms. The molecule has 24 heavy (non-hydrogen) atoms. The lowest BCUT2D eigenvalue weighted by molar-refractivity contribution is -0.122. The monoisotopic (exact) mass is 326 g/mol. The van der Waals surface area contributed by atoms with Crippen LogP contribution in [0.5, 0.6) is 5.75 Å². The first-order valence-electron chi connectivity index (χ1n) is 7.78. The fraction of sp³-hybridized carbons (Fsp3) is 0.263. The topological polar surface area (TPSA) is 67.4 Å². The minimum Gasteiger partial charge on any atom is -0.481 e. The van der Waals surface area contributed by atoms with Crippen molar-refractivity contribution in [2.45, 2.75) is 33.8 Å². The van der Waals surface area contributed by atoms with Crippen molar-refractivity contribution in [2.24, 2.45) is 0 Å². The molecule has 126 valence electrons. The Bertz CT molecular complexity index is 739. The molecule has 2 amide bonds. The molecule has 0 aliphatic carbocycles. The van der Waals surface area contributed by atoms with Crippen LogP contribution in [0.1, 0.15) is 25.0 Å². The van der Waals surface area contributed by atoms with E-state index >= 15 is 0 Å². The molecule has 5 heteroatoms. The van der Waals surface area contributed by atoms with E-state index in [0.717, 1.165) is 11.1 Å². The number of anilines is 2. The van der Waals surface area contributed by atoms with Crippen LogP contribution < -0.4 is 15.4 Å². The molecule has 2 aromatic rings. The van der Waals surface area contributed by atoms with Gasteiger partial charge in [-0.25, -0.2) is 0 Å². The fourth-order valence-electron chi connectivity index (χ4n) is 2.18. The third kappa shape index (κ3) is 4.59. The van der Waals surface area contributed by atoms with Crippen LogP contribution in [0.3, 0.4) is 0 Å². The molecule has 2 N–H and O–H groups in total. The third-order valence-corrected chi connectivity index (χ3v) is 3.70. The summed E-state index contributed by atoms with van der Waals surface area (Å²) in [6, 6.07) is 12.7. The maximum absolute atomic E-state index is 12.3. The number of carbonyl (C=O) groups excluding carboxylic acids is 2. The number of ether oxygens (including phenoxy) is 1. The van der Waals surface area contributed by atoms with Gasteiger partial charge in [0.2, 0.25) is 5.91 Å². The van der Waals surface area contributed by atoms with Crippen LogP contribution in [0.2, 0.25) is 0 Å². The van der Waals surface area contributed by atoms with E-state index in [1.165, 1.54) is 6.92 Å². The quantitative estimate of drug-likeness (QED) is 0.881. The van der Waals surface area contributed by atoms with Gasteiger partial charge in [0.05, 0.1) is 0 Å². The Hall–Kier alpha value is -2.82. The molecule has 1 atom stereocenters. The highest BCUT2D eigenvalue weighted by atomic mass is 16.5. The zero-order chi connectivity index (χ0) is 17.7. The van der Waals surface area contributed by atoms with Gasteiger partial charge in [-0.05, 0) is 62.2 Å². The molecule has 2 rings (SSSR count). The Morgan fingerprint density at radius 2 is 1.54 bits per heavy atom. The molecule has 0 heterocycles. The number of rotatable bonds is 5. The number of amides is 2.